The van der Waals surface area contributed by atoms with E-state index in [1.165, 1.54) is 28.7 Å². The van der Waals surface area contributed by atoms with Crippen LogP contribution in [0.2, 0.25) is 0 Å². The van der Waals surface area contributed by atoms with Crippen LogP contribution in [0.15, 0.2) is 33.4 Å². The van der Waals surface area contributed by atoms with Crippen molar-refractivity contribution in [3.05, 3.63) is 45.4 Å². The fraction of sp³-hybridized carbons (Fsp3) is 0.0833. The lowest BCUT2D eigenvalue weighted by Gasteiger charge is -2.08. The minimum atomic E-state index is -4.67. The van der Waals surface area contributed by atoms with Gasteiger partial charge in [0.2, 0.25) is 5.82 Å². The number of thiophene rings is 2. The molecule has 0 fully saturated rings. The summed E-state index contributed by atoms with van der Waals surface area (Å²) >= 11 is 2.53. The van der Waals surface area contributed by atoms with Crippen LogP contribution in [0.3, 0.4) is 0 Å². The first kappa shape index (κ1) is 14.0. The molecule has 9 heteroatoms. The molecule has 3 aromatic rings. The first-order chi connectivity index (χ1) is 10.0. The van der Waals surface area contributed by atoms with E-state index in [9.17, 15) is 18.4 Å². The first-order valence-corrected chi connectivity index (χ1v) is 7.40. The minimum Gasteiger partial charge on any atom is -0.410 e. The number of rotatable bonds is 2. The van der Waals surface area contributed by atoms with Gasteiger partial charge >= 0.3 is 6.18 Å². The second kappa shape index (κ2) is 5.08. The predicted octanol–water partition coefficient (Wildman–Crippen LogP) is 4.00. The Labute approximate surface area is 124 Å². The molecular formula is C12H6F3N3OS2. The Bertz CT molecular complexity index is 809. The van der Waals surface area contributed by atoms with Gasteiger partial charge in [0, 0.05) is 10.9 Å². The van der Waals surface area contributed by atoms with Crippen LogP contribution in [0, 0.1) is 0 Å². The molecule has 0 bridgehead atoms. The van der Waals surface area contributed by atoms with Gasteiger partial charge in [0.1, 0.15) is 11.4 Å². The van der Waals surface area contributed by atoms with Gasteiger partial charge in [-0.25, -0.2) is 9.97 Å². The second-order valence-electron chi connectivity index (χ2n) is 3.99. The maximum absolute atomic E-state index is 12.9. The number of halogens is 3. The van der Waals surface area contributed by atoms with Gasteiger partial charge in [-0.1, -0.05) is 5.16 Å². The highest BCUT2D eigenvalue weighted by Gasteiger charge is 2.36. The third-order valence-corrected chi connectivity index (χ3v) is 4.27. The van der Waals surface area contributed by atoms with E-state index in [4.69, 9.17) is 0 Å². The van der Waals surface area contributed by atoms with Gasteiger partial charge in [0.25, 0.3) is 0 Å². The SMILES string of the molecule is O/N=C(\c1ccsc1)c1nc(C(F)(F)F)nc2ccsc12. The number of nitrogens with zero attached hydrogens (tertiary/aromatic N) is 3. The molecule has 4 nitrogen and oxygen atoms in total. The van der Waals surface area contributed by atoms with Crippen LogP contribution < -0.4 is 0 Å². The van der Waals surface area contributed by atoms with Crippen molar-refractivity contribution in [2.24, 2.45) is 5.16 Å². The highest BCUT2D eigenvalue weighted by atomic mass is 32.1. The molecule has 21 heavy (non-hydrogen) atoms. The van der Waals surface area contributed by atoms with Gasteiger partial charge in [0.15, 0.2) is 0 Å². The zero-order valence-corrected chi connectivity index (χ0v) is 11.8. The highest BCUT2D eigenvalue weighted by molar-refractivity contribution is 7.17. The zero-order chi connectivity index (χ0) is 15.0. The molecule has 0 saturated heterocycles. The quantitative estimate of drug-likeness (QED) is 0.439. The molecule has 3 heterocycles. The molecule has 0 aliphatic rings. The van der Waals surface area contributed by atoms with Crippen molar-refractivity contribution in [1.82, 2.24) is 9.97 Å². The number of fused-ring (bicyclic) bond motifs is 1. The second-order valence-corrected chi connectivity index (χ2v) is 5.69. The van der Waals surface area contributed by atoms with Crippen LogP contribution in [-0.2, 0) is 6.18 Å². The lowest BCUT2D eigenvalue weighted by Crippen LogP contribution is -2.15. The summed E-state index contributed by atoms with van der Waals surface area (Å²) in [6, 6.07) is 3.12. The third-order valence-electron chi connectivity index (χ3n) is 2.68. The summed E-state index contributed by atoms with van der Waals surface area (Å²) in [4.78, 5) is 7.07. The van der Waals surface area contributed by atoms with E-state index in [0.717, 1.165) is 0 Å². The summed E-state index contributed by atoms with van der Waals surface area (Å²) in [6.45, 7) is 0. The molecule has 0 unspecified atom stereocenters. The first-order valence-electron chi connectivity index (χ1n) is 5.58. The van der Waals surface area contributed by atoms with E-state index in [2.05, 4.69) is 15.1 Å². The van der Waals surface area contributed by atoms with Gasteiger partial charge in [-0.15, -0.1) is 11.3 Å². The van der Waals surface area contributed by atoms with Crippen molar-refractivity contribution in [2.75, 3.05) is 0 Å². The Balaban J connectivity index is 2.28. The molecule has 0 aliphatic heterocycles. The van der Waals surface area contributed by atoms with Crippen LogP contribution >= 0.6 is 22.7 Å². The molecule has 0 saturated carbocycles. The fourth-order valence-corrected chi connectivity index (χ4v) is 3.25. The molecular weight excluding hydrogens is 323 g/mol. The van der Waals surface area contributed by atoms with Crippen LogP contribution in [-0.4, -0.2) is 20.9 Å². The Morgan fingerprint density at radius 3 is 2.62 bits per heavy atom. The van der Waals surface area contributed by atoms with Crippen molar-refractivity contribution in [3.8, 4) is 0 Å². The molecule has 3 rings (SSSR count). The largest absolute Gasteiger partial charge is 0.451 e. The van der Waals surface area contributed by atoms with Crippen molar-refractivity contribution in [1.29, 1.82) is 0 Å². The third kappa shape index (κ3) is 2.49. The Morgan fingerprint density at radius 1 is 1.19 bits per heavy atom. The van der Waals surface area contributed by atoms with Crippen molar-refractivity contribution >= 4 is 38.6 Å². The van der Waals surface area contributed by atoms with E-state index < -0.39 is 12.0 Å². The summed E-state index contributed by atoms with van der Waals surface area (Å²) in [5.41, 5.74) is 0.651. The molecule has 0 aliphatic carbocycles. The lowest BCUT2D eigenvalue weighted by molar-refractivity contribution is -0.144. The van der Waals surface area contributed by atoms with Crippen molar-refractivity contribution < 1.29 is 18.4 Å². The predicted molar refractivity (Wildman–Crippen MR) is 74.2 cm³/mol. The van der Waals surface area contributed by atoms with Crippen LogP contribution in [0.4, 0.5) is 13.2 Å². The number of aromatic nitrogens is 2. The highest BCUT2D eigenvalue weighted by Crippen LogP contribution is 2.31. The normalized spacial score (nSPS) is 13.0. The van der Waals surface area contributed by atoms with Gasteiger partial charge in [0.05, 0.1) is 10.2 Å². The smallest absolute Gasteiger partial charge is 0.410 e. The number of alkyl halides is 3. The van der Waals surface area contributed by atoms with Gasteiger partial charge < -0.3 is 5.21 Å². The summed E-state index contributed by atoms with van der Waals surface area (Å²) in [6.07, 6.45) is -4.67. The van der Waals surface area contributed by atoms with E-state index in [0.29, 0.717) is 10.3 Å². The maximum Gasteiger partial charge on any atom is 0.451 e. The molecule has 0 radical (unpaired) electrons. The molecule has 1 N–H and O–H groups in total. The van der Waals surface area contributed by atoms with E-state index >= 15 is 0 Å². The van der Waals surface area contributed by atoms with Gasteiger partial charge in [-0.05, 0) is 22.9 Å². The molecule has 3 aromatic heterocycles. The minimum absolute atomic E-state index is 0.00315. The number of hydrogen-bond acceptors (Lipinski definition) is 6. The summed E-state index contributed by atoms with van der Waals surface area (Å²) in [7, 11) is 0. The average Bonchev–Trinajstić information content (AvgIpc) is 3.08. The standard InChI is InChI=1S/C12H6F3N3OS2/c13-12(14,15)11-16-7-2-4-21-10(7)9(17-11)8(18-19)6-1-3-20-5-6/h1-5,19H/b18-8+. The monoisotopic (exact) mass is 329 g/mol. The summed E-state index contributed by atoms with van der Waals surface area (Å²) < 4.78 is 39.1. The number of oxime groups is 1. The number of hydrogen-bond donors (Lipinski definition) is 1. The molecule has 0 amide bonds. The maximum atomic E-state index is 12.9. The fourth-order valence-electron chi connectivity index (χ4n) is 1.79. The van der Waals surface area contributed by atoms with E-state index in [1.54, 1.807) is 22.2 Å². The Morgan fingerprint density at radius 2 is 2.00 bits per heavy atom. The average molecular weight is 329 g/mol. The summed E-state index contributed by atoms with van der Waals surface area (Å²) in [5, 5.41) is 17.3. The van der Waals surface area contributed by atoms with Crippen LogP contribution in [0.5, 0.6) is 0 Å². The Kier molecular flexibility index (Phi) is 3.38. The topological polar surface area (TPSA) is 58.4 Å². The molecule has 108 valence electrons. The molecule has 0 spiro atoms. The van der Waals surface area contributed by atoms with Crippen LogP contribution in [0.1, 0.15) is 17.1 Å². The molecule has 0 aromatic carbocycles. The molecule has 0 atom stereocenters. The zero-order valence-electron chi connectivity index (χ0n) is 10.1. The van der Waals surface area contributed by atoms with E-state index in [-0.39, 0.29) is 16.9 Å². The van der Waals surface area contributed by atoms with Gasteiger partial charge in [-0.3, -0.25) is 0 Å². The lowest BCUT2D eigenvalue weighted by atomic mass is 10.1. The van der Waals surface area contributed by atoms with Crippen molar-refractivity contribution in [2.45, 2.75) is 6.18 Å². The van der Waals surface area contributed by atoms with Gasteiger partial charge in [-0.2, -0.15) is 24.5 Å². The van der Waals surface area contributed by atoms with Crippen LogP contribution in [0.25, 0.3) is 10.2 Å². The van der Waals surface area contributed by atoms with E-state index in [1.807, 2.05) is 0 Å². The summed E-state index contributed by atoms with van der Waals surface area (Å²) in [5.74, 6) is -1.25. The van der Waals surface area contributed by atoms with Crippen molar-refractivity contribution in [3.63, 3.8) is 0 Å². The Hall–Kier alpha value is -2.00.